The van der Waals surface area contributed by atoms with Crippen LogP contribution in [0.3, 0.4) is 0 Å². The van der Waals surface area contributed by atoms with Gasteiger partial charge in [-0.25, -0.2) is 0 Å². The van der Waals surface area contributed by atoms with E-state index in [9.17, 15) is 4.79 Å². The molecule has 0 saturated heterocycles. The Morgan fingerprint density at radius 2 is 2.25 bits per heavy atom. The lowest BCUT2D eigenvalue weighted by molar-refractivity contribution is 0.0941. The molecule has 1 aromatic carbocycles. The van der Waals surface area contributed by atoms with Crippen molar-refractivity contribution in [3.05, 3.63) is 58.4 Å². The summed E-state index contributed by atoms with van der Waals surface area (Å²) < 4.78 is 0. The van der Waals surface area contributed by atoms with Gasteiger partial charge < -0.3 is 10.3 Å². The average molecular weight is 284 g/mol. The molecule has 102 valence electrons. The Morgan fingerprint density at radius 3 is 3.05 bits per heavy atom. The van der Waals surface area contributed by atoms with Gasteiger partial charge in [0.1, 0.15) is 0 Å². The van der Waals surface area contributed by atoms with Crippen molar-refractivity contribution >= 4 is 28.1 Å². The van der Waals surface area contributed by atoms with Crippen LogP contribution >= 0.6 is 11.3 Å². The SMILES string of the molecule is CC(Cc1ccsc1)NC(=O)c1cccc2cc[nH]c12. The first-order chi connectivity index (χ1) is 9.74. The van der Waals surface area contributed by atoms with Crippen molar-refractivity contribution in [2.45, 2.75) is 19.4 Å². The predicted molar refractivity (Wildman–Crippen MR) is 83.2 cm³/mol. The van der Waals surface area contributed by atoms with Gasteiger partial charge in [0.2, 0.25) is 0 Å². The van der Waals surface area contributed by atoms with E-state index in [2.05, 4.69) is 27.1 Å². The predicted octanol–water partition coefficient (Wildman–Crippen LogP) is 3.59. The van der Waals surface area contributed by atoms with Crippen LogP contribution in [0.1, 0.15) is 22.8 Å². The Hall–Kier alpha value is -2.07. The second-order valence-electron chi connectivity index (χ2n) is 4.96. The highest BCUT2D eigenvalue weighted by atomic mass is 32.1. The van der Waals surface area contributed by atoms with Crippen molar-refractivity contribution in [2.75, 3.05) is 0 Å². The summed E-state index contributed by atoms with van der Waals surface area (Å²) in [7, 11) is 0. The lowest BCUT2D eigenvalue weighted by Crippen LogP contribution is -2.34. The summed E-state index contributed by atoms with van der Waals surface area (Å²) in [6.07, 6.45) is 2.71. The average Bonchev–Trinajstić information content (AvgIpc) is 3.08. The van der Waals surface area contributed by atoms with E-state index in [1.165, 1.54) is 5.56 Å². The number of fused-ring (bicyclic) bond motifs is 1. The van der Waals surface area contributed by atoms with E-state index in [1.807, 2.05) is 37.4 Å². The molecule has 0 aliphatic carbocycles. The number of aromatic nitrogens is 1. The maximum absolute atomic E-state index is 12.4. The minimum Gasteiger partial charge on any atom is -0.361 e. The highest BCUT2D eigenvalue weighted by Gasteiger charge is 2.13. The van der Waals surface area contributed by atoms with E-state index in [4.69, 9.17) is 0 Å². The minimum absolute atomic E-state index is 0.0271. The molecule has 1 amide bonds. The van der Waals surface area contributed by atoms with Crippen molar-refractivity contribution in [2.24, 2.45) is 0 Å². The monoisotopic (exact) mass is 284 g/mol. The molecule has 3 rings (SSSR count). The van der Waals surface area contributed by atoms with Gasteiger partial charge in [-0.05, 0) is 47.9 Å². The molecule has 20 heavy (non-hydrogen) atoms. The molecule has 3 nitrogen and oxygen atoms in total. The number of para-hydroxylation sites is 1. The molecule has 2 heterocycles. The second-order valence-corrected chi connectivity index (χ2v) is 5.74. The van der Waals surface area contributed by atoms with Gasteiger partial charge in [-0.3, -0.25) is 4.79 Å². The highest BCUT2D eigenvalue weighted by molar-refractivity contribution is 7.07. The number of carbonyl (C=O) groups is 1. The number of thiophene rings is 1. The standard InChI is InChI=1S/C16H16N2OS/c1-11(9-12-6-8-20-10-12)18-16(19)14-4-2-3-13-5-7-17-15(13)14/h2-8,10-11,17H,9H2,1H3,(H,18,19). The topological polar surface area (TPSA) is 44.9 Å². The fourth-order valence-corrected chi connectivity index (χ4v) is 3.07. The number of carbonyl (C=O) groups excluding carboxylic acids is 1. The Kier molecular flexibility index (Phi) is 3.56. The van der Waals surface area contributed by atoms with E-state index in [-0.39, 0.29) is 11.9 Å². The third kappa shape index (κ3) is 2.60. The van der Waals surface area contributed by atoms with Crippen LogP contribution < -0.4 is 5.32 Å². The number of benzene rings is 1. The molecule has 1 atom stereocenters. The fraction of sp³-hybridized carbons (Fsp3) is 0.188. The third-order valence-electron chi connectivity index (χ3n) is 3.33. The Bertz CT molecular complexity index is 715. The van der Waals surface area contributed by atoms with Gasteiger partial charge in [0.15, 0.2) is 0 Å². The first-order valence-corrected chi connectivity index (χ1v) is 7.56. The number of rotatable bonds is 4. The molecule has 0 saturated carbocycles. The Morgan fingerprint density at radius 1 is 1.35 bits per heavy atom. The molecule has 0 aliphatic heterocycles. The molecular weight excluding hydrogens is 268 g/mol. The van der Waals surface area contributed by atoms with Crippen LogP contribution in [-0.2, 0) is 6.42 Å². The second kappa shape index (κ2) is 5.51. The van der Waals surface area contributed by atoms with E-state index in [0.29, 0.717) is 5.56 Å². The van der Waals surface area contributed by atoms with E-state index in [0.717, 1.165) is 17.3 Å². The molecule has 3 aromatic rings. The van der Waals surface area contributed by atoms with Crippen LogP contribution in [0.5, 0.6) is 0 Å². The maximum atomic E-state index is 12.4. The van der Waals surface area contributed by atoms with Crippen LogP contribution in [0.4, 0.5) is 0 Å². The number of H-pyrrole nitrogens is 1. The summed E-state index contributed by atoms with van der Waals surface area (Å²) in [5, 5.41) is 8.30. The van der Waals surface area contributed by atoms with E-state index < -0.39 is 0 Å². The van der Waals surface area contributed by atoms with Crippen LogP contribution in [0.25, 0.3) is 10.9 Å². The molecule has 4 heteroatoms. The lowest BCUT2D eigenvalue weighted by Gasteiger charge is -2.13. The molecular formula is C16H16N2OS. The summed E-state index contributed by atoms with van der Waals surface area (Å²) >= 11 is 1.68. The maximum Gasteiger partial charge on any atom is 0.253 e. The van der Waals surface area contributed by atoms with Gasteiger partial charge in [0.25, 0.3) is 5.91 Å². The molecule has 2 N–H and O–H groups in total. The fourth-order valence-electron chi connectivity index (χ4n) is 2.39. The molecule has 1 unspecified atom stereocenters. The molecule has 0 aliphatic rings. The van der Waals surface area contributed by atoms with E-state index >= 15 is 0 Å². The number of nitrogens with one attached hydrogen (secondary N) is 2. The smallest absolute Gasteiger partial charge is 0.253 e. The molecule has 0 fully saturated rings. The summed E-state index contributed by atoms with van der Waals surface area (Å²) in [4.78, 5) is 15.5. The largest absolute Gasteiger partial charge is 0.361 e. The molecule has 2 aromatic heterocycles. The normalized spacial score (nSPS) is 12.4. The van der Waals surface area contributed by atoms with Gasteiger partial charge in [0, 0.05) is 17.6 Å². The lowest BCUT2D eigenvalue weighted by atomic mass is 10.1. The quantitative estimate of drug-likeness (QED) is 0.755. The first-order valence-electron chi connectivity index (χ1n) is 6.62. The summed E-state index contributed by atoms with van der Waals surface area (Å²) in [6.45, 7) is 2.03. The zero-order valence-corrected chi connectivity index (χ0v) is 12.0. The van der Waals surface area contributed by atoms with E-state index in [1.54, 1.807) is 11.3 Å². The van der Waals surface area contributed by atoms with Crippen molar-refractivity contribution in [1.82, 2.24) is 10.3 Å². The van der Waals surface area contributed by atoms with Crippen LogP contribution in [0, 0.1) is 0 Å². The summed E-state index contributed by atoms with van der Waals surface area (Å²) in [5.41, 5.74) is 2.86. The van der Waals surface area contributed by atoms with Crippen molar-refractivity contribution in [3.63, 3.8) is 0 Å². The van der Waals surface area contributed by atoms with Crippen molar-refractivity contribution < 1.29 is 4.79 Å². The van der Waals surface area contributed by atoms with Crippen molar-refractivity contribution in [1.29, 1.82) is 0 Å². The van der Waals surface area contributed by atoms with Gasteiger partial charge in [-0.2, -0.15) is 11.3 Å². The highest BCUT2D eigenvalue weighted by Crippen LogP contribution is 2.17. The zero-order chi connectivity index (χ0) is 13.9. The van der Waals surface area contributed by atoms with Gasteiger partial charge >= 0.3 is 0 Å². The zero-order valence-electron chi connectivity index (χ0n) is 11.2. The van der Waals surface area contributed by atoms with Crippen molar-refractivity contribution in [3.8, 4) is 0 Å². The minimum atomic E-state index is -0.0271. The molecule has 0 spiro atoms. The number of aromatic amines is 1. The molecule has 0 radical (unpaired) electrons. The van der Waals surface area contributed by atoms with Crippen LogP contribution in [-0.4, -0.2) is 16.9 Å². The Balaban J connectivity index is 1.74. The van der Waals surface area contributed by atoms with Gasteiger partial charge in [-0.1, -0.05) is 12.1 Å². The number of hydrogen-bond donors (Lipinski definition) is 2. The number of hydrogen-bond acceptors (Lipinski definition) is 2. The van der Waals surface area contributed by atoms with Gasteiger partial charge in [-0.15, -0.1) is 0 Å². The first kappa shape index (κ1) is 12.9. The molecule has 0 bridgehead atoms. The van der Waals surface area contributed by atoms with Gasteiger partial charge in [0.05, 0.1) is 11.1 Å². The Labute approximate surface area is 121 Å². The number of amides is 1. The van der Waals surface area contributed by atoms with Crippen LogP contribution in [0.2, 0.25) is 0 Å². The summed E-state index contributed by atoms with van der Waals surface area (Å²) in [6, 6.07) is 9.94. The third-order valence-corrected chi connectivity index (χ3v) is 4.06. The summed E-state index contributed by atoms with van der Waals surface area (Å²) in [5.74, 6) is -0.0271. The van der Waals surface area contributed by atoms with Crippen LogP contribution in [0.15, 0.2) is 47.3 Å².